The van der Waals surface area contributed by atoms with Gasteiger partial charge in [0.2, 0.25) is 0 Å². The van der Waals surface area contributed by atoms with E-state index in [0.717, 1.165) is 24.3 Å². The molecule has 1 aromatic carbocycles. The van der Waals surface area contributed by atoms with Crippen LogP contribution in [-0.4, -0.2) is 41.3 Å². The summed E-state index contributed by atoms with van der Waals surface area (Å²) in [5, 5.41) is 16.5. The molecule has 0 unspecified atom stereocenters. The second-order valence-corrected chi connectivity index (χ2v) is 4.56. The molecule has 2 N–H and O–H groups in total. The van der Waals surface area contributed by atoms with Gasteiger partial charge < -0.3 is 15.2 Å². The van der Waals surface area contributed by atoms with Gasteiger partial charge in [-0.25, -0.2) is 0 Å². The minimum atomic E-state index is 0.0702. The van der Waals surface area contributed by atoms with Crippen LogP contribution >= 0.6 is 0 Å². The predicted molar refractivity (Wildman–Crippen MR) is 78.3 cm³/mol. The summed E-state index contributed by atoms with van der Waals surface area (Å²) < 4.78 is 7.04. The van der Waals surface area contributed by atoms with E-state index >= 15 is 0 Å². The Balaban J connectivity index is 1.92. The number of hydrogen-bond acceptors (Lipinski definition) is 4. The number of nitrogens with zero attached hydrogens (tertiary/aromatic N) is 2. The van der Waals surface area contributed by atoms with Gasteiger partial charge in [0.1, 0.15) is 0 Å². The highest BCUT2D eigenvalue weighted by atomic mass is 16.5. The molecule has 0 aliphatic rings. The summed E-state index contributed by atoms with van der Waals surface area (Å²) in [4.78, 5) is 0. The minimum Gasteiger partial charge on any atom is -0.394 e. The molecule has 108 valence electrons. The van der Waals surface area contributed by atoms with Crippen molar-refractivity contribution in [1.29, 1.82) is 0 Å². The van der Waals surface area contributed by atoms with Crippen LogP contribution in [0, 0.1) is 0 Å². The van der Waals surface area contributed by atoms with Crippen molar-refractivity contribution in [3.05, 3.63) is 42.1 Å². The Bertz CT molecular complexity index is 511. The zero-order valence-corrected chi connectivity index (χ0v) is 11.7. The lowest BCUT2D eigenvalue weighted by Crippen LogP contribution is -2.20. The number of rotatable bonds is 8. The number of benzene rings is 1. The van der Waals surface area contributed by atoms with E-state index in [2.05, 4.69) is 22.5 Å². The van der Waals surface area contributed by atoms with Crippen LogP contribution in [0.3, 0.4) is 0 Å². The van der Waals surface area contributed by atoms with E-state index in [1.54, 1.807) is 0 Å². The van der Waals surface area contributed by atoms with E-state index in [1.165, 1.54) is 5.56 Å². The van der Waals surface area contributed by atoms with Gasteiger partial charge in [0, 0.05) is 37.5 Å². The average molecular weight is 275 g/mol. The highest BCUT2D eigenvalue weighted by Gasteiger charge is 2.09. The number of nitrogens with one attached hydrogen (secondary N) is 1. The van der Waals surface area contributed by atoms with Crippen molar-refractivity contribution in [1.82, 2.24) is 15.1 Å². The fourth-order valence-corrected chi connectivity index (χ4v) is 2.04. The van der Waals surface area contributed by atoms with Crippen molar-refractivity contribution in [2.24, 2.45) is 7.05 Å². The molecule has 1 aromatic heterocycles. The number of aliphatic hydroxyl groups excluding tert-OH is 1. The Morgan fingerprint density at radius 1 is 1.25 bits per heavy atom. The van der Waals surface area contributed by atoms with Gasteiger partial charge in [0.25, 0.3) is 0 Å². The van der Waals surface area contributed by atoms with Crippen molar-refractivity contribution in [3.63, 3.8) is 0 Å². The van der Waals surface area contributed by atoms with Crippen molar-refractivity contribution in [3.8, 4) is 11.3 Å². The SMILES string of the molecule is Cn1cc(CNCCOCCO)c(-c2ccccc2)n1. The monoisotopic (exact) mass is 275 g/mol. The zero-order valence-electron chi connectivity index (χ0n) is 11.7. The van der Waals surface area contributed by atoms with E-state index in [9.17, 15) is 0 Å². The third-order valence-corrected chi connectivity index (χ3v) is 2.93. The van der Waals surface area contributed by atoms with Crippen LogP contribution in [-0.2, 0) is 18.3 Å². The van der Waals surface area contributed by atoms with Crippen molar-refractivity contribution in [2.45, 2.75) is 6.54 Å². The Kier molecular flexibility index (Phi) is 5.73. The normalized spacial score (nSPS) is 10.9. The third-order valence-electron chi connectivity index (χ3n) is 2.93. The molecular formula is C15H21N3O2. The summed E-state index contributed by atoms with van der Waals surface area (Å²) >= 11 is 0. The number of aromatic nitrogens is 2. The molecule has 0 aliphatic carbocycles. The summed E-state index contributed by atoms with van der Waals surface area (Å²) in [5.41, 5.74) is 3.30. The van der Waals surface area contributed by atoms with E-state index < -0.39 is 0 Å². The van der Waals surface area contributed by atoms with Gasteiger partial charge in [-0.05, 0) is 0 Å². The Labute approximate surface area is 119 Å². The zero-order chi connectivity index (χ0) is 14.2. The summed E-state index contributed by atoms with van der Waals surface area (Å²) in [7, 11) is 1.93. The van der Waals surface area contributed by atoms with E-state index in [-0.39, 0.29) is 6.61 Å². The maximum absolute atomic E-state index is 8.61. The molecule has 0 radical (unpaired) electrons. The molecule has 1 heterocycles. The van der Waals surface area contributed by atoms with Gasteiger partial charge in [0.05, 0.1) is 25.5 Å². The molecular weight excluding hydrogens is 254 g/mol. The van der Waals surface area contributed by atoms with Crippen molar-refractivity contribution < 1.29 is 9.84 Å². The van der Waals surface area contributed by atoms with Crippen molar-refractivity contribution >= 4 is 0 Å². The van der Waals surface area contributed by atoms with Crippen molar-refractivity contribution in [2.75, 3.05) is 26.4 Å². The van der Waals surface area contributed by atoms with Gasteiger partial charge in [-0.2, -0.15) is 5.10 Å². The first-order chi connectivity index (χ1) is 9.81. The van der Waals surface area contributed by atoms with Gasteiger partial charge >= 0.3 is 0 Å². The molecule has 0 atom stereocenters. The van der Waals surface area contributed by atoms with Gasteiger partial charge in [0.15, 0.2) is 0 Å². The van der Waals surface area contributed by atoms with E-state index in [1.807, 2.05) is 36.1 Å². The second-order valence-electron chi connectivity index (χ2n) is 4.56. The molecule has 0 saturated heterocycles. The molecule has 5 nitrogen and oxygen atoms in total. The first kappa shape index (κ1) is 14.7. The maximum atomic E-state index is 8.61. The smallest absolute Gasteiger partial charge is 0.0967 e. The fraction of sp³-hybridized carbons (Fsp3) is 0.400. The molecule has 0 saturated carbocycles. The second kappa shape index (κ2) is 7.79. The molecule has 0 amide bonds. The molecule has 0 fully saturated rings. The van der Waals surface area contributed by atoms with Crippen LogP contribution in [0.1, 0.15) is 5.56 Å². The maximum Gasteiger partial charge on any atom is 0.0967 e. The lowest BCUT2D eigenvalue weighted by Gasteiger charge is -2.05. The van der Waals surface area contributed by atoms with Crippen LogP contribution < -0.4 is 5.32 Å². The molecule has 0 bridgehead atoms. The van der Waals surface area contributed by atoms with Crippen LogP contribution in [0.15, 0.2) is 36.5 Å². The highest BCUT2D eigenvalue weighted by molar-refractivity contribution is 5.62. The highest BCUT2D eigenvalue weighted by Crippen LogP contribution is 2.21. The number of aryl methyl sites for hydroxylation is 1. The molecule has 0 aliphatic heterocycles. The summed E-state index contributed by atoms with van der Waals surface area (Å²) in [6.07, 6.45) is 2.03. The van der Waals surface area contributed by atoms with Gasteiger partial charge in [-0.15, -0.1) is 0 Å². The lowest BCUT2D eigenvalue weighted by molar-refractivity contribution is 0.0938. The molecule has 20 heavy (non-hydrogen) atoms. The third kappa shape index (κ3) is 4.16. The van der Waals surface area contributed by atoms with Gasteiger partial charge in [-0.1, -0.05) is 30.3 Å². The van der Waals surface area contributed by atoms with Crippen LogP contribution in [0.2, 0.25) is 0 Å². The van der Waals surface area contributed by atoms with E-state index in [0.29, 0.717) is 13.2 Å². The molecule has 0 spiro atoms. The first-order valence-electron chi connectivity index (χ1n) is 6.78. The first-order valence-corrected chi connectivity index (χ1v) is 6.78. The van der Waals surface area contributed by atoms with Crippen LogP contribution in [0.5, 0.6) is 0 Å². The molecule has 5 heteroatoms. The molecule has 2 rings (SSSR count). The Hall–Kier alpha value is -1.69. The molecule has 2 aromatic rings. The van der Waals surface area contributed by atoms with E-state index in [4.69, 9.17) is 9.84 Å². The van der Waals surface area contributed by atoms with Crippen LogP contribution in [0.4, 0.5) is 0 Å². The quantitative estimate of drug-likeness (QED) is 0.710. The minimum absolute atomic E-state index is 0.0702. The summed E-state index contributed by atoms with van der Waals surface area (Å²) in [6, 6.07) is 10.2. The summed E-state index contributed by atoms with van der Waals surface area (Å²) in [5.74, 6) is 0. The number of aliphatic hydroxyl groups is 1. The number of ether oxygens (including phenoxy) is 1. The lowest BCUT2D eigenvalue weighted by atomic mass is 10.1. The number of hydrogen-bond donors (Lipinski definition) is 2. The Morgan fingerprint density at radius 3 is 2.80 bits per heavy atom. The fourth-order valence-electron chi connectivity index (χ4n) is 2.04. The van der Waals surface area contributed by atoms with Gasteiger partial charge in [-0.3, -0.25) is 4.68 Å². The predicted octanol–water partition coefficient (Wildman–Crippen LogP) is 1.19. The Morgan fingerprint density at radius 2 is 2.05 bits per heavy atom. The summed E-state index contributed by atoms with van der Waals surface area (Å²) in [6.45, 7) is 2.57. The average Bonchev–Trinajstić information content (AvgIpc) is 2.85. The largest absolute Gasteiger partial charge is 0.394 e. The standard InChI is InChI=1S/C15H21N3O2/c1-18-12-14(11-16-7-9-20-10-8-19)15(17-18)13-5-3-2-4-6-13/h2-6,12,16,19H,7-11H2,1H3. The van der Waals surface area contributed by atoms with Crippen LogP contribution in [0.25, 0.3) is 11.3 Å². The topological polar surface area (TPSA) is 59.3 Å².